The van der Waals surface area contributed by atoms with Gasteiger partial charge in [-0.25, -0.2) is 0 Å². The third-order valence-electron chi connectivity index (χ3n) is 4.38. The molecular formula is C18H21NO2. The molecule has 1 aliphatic rings. The lowest BCUT2D eigenvalue weighted by Gasteiger charge is -2.25. The van der Waals surface area contributed by atoms with Gasteiger partial charge >= 0.3 is 5.97 Å². The third-order valence-corrected chi connectivity index (χ3v) is 4.38. The number of carbonyl (C=O) groups is 1. The Balaban J connectivity index is 1.82. The number of likely N-dealkylation sites (tertiary alicyclic amines) is 1. The molecule has 1 heterocycles. The lowest BCUT2D eigenvalue weighted by molar-refractivity contribution is -0.137. The Kier molecular flexibility index (Phi) is 4.20. The van der Waals surface area contributed by atoms with Crippen LogP contribution in [0, 0.1) is 0 Å². The Morgan fingerprint density at radius 1 is 1.19 bits per heavy atom. The van der Waals surface area contributed by atoms with Gasteiger partial charge in [0.15, 0.2) is 0 Å². The van der Waals surface area contributed by atoms with Gasteiger partial charge in [-0.3, -0.25) is 9.69 Å². The van der Waals surface area contributed by atoms with Crippen molar-refractivity contribution in [3.63, 3.8) is 0 Å². The molecule has 2 aromatic rings. The summed E-state index contributed by atoms with van der Waals surface area (Å²) in [5.41, 5.74) is 1.39. The zero-order valence-electron chi connectivity index (χ0n) is 12.2. The quantitative estimate of drug-likeness (QED) is 0.906. The Morgan fingerprint density at radius 2 is 2.00 bits per heavy atom. The van der Waals surface area contributed by atoms with Crippen LogP contribution in [0.4, 0.5) is 0 Å². The second-order valence-electron chi connectivity index (χ2n) is 5.76. The maximum atomic E-state index is 10.7. The number of aliphatic carboxylic acids is 1. The van der Waals surface area contributed by atoms with Crippen molar-refractivity contribution >= 4 is 16.7 Å². The first-order valence-corrected chi connectivity index (χ1v) is 7.69. The van der Waals surface area contributed by atoms with Crippen LogP contribution in [0.3, 0.4) is 0 Å². The van der Waals surface area contributed by atoms with Gasteiger partial charge in [0.1, 0.15) is 0 Å². The maximum Gasteiger partial charge on any atom is 0.303 e. The monoisotopic (exact) mass is 283 g/mol. The van der Waals surface area contributed by atoms with Gasteiger partial charge in [0, 0.05) is 12.5 Å². The average Bonchev–Trinajstić information content (AvgIpc) is 2.94. The minimum Gasteiger partial charge on any atom is -0.481 e. The van der Waals surface area contributed by atoms with Crippen LogP contribution in [0.5, 0.6) is 0 Å². The number of carboxylic acids is 1. The van der Waals surface area contributed by atoms with Crippen LogP contribution in [-0.4, -0.2) is 29.1 Å². The van der Waals surface area contributed by atoms with Gasteiger partial charge in [0.2, 0.25) is 0 Å². The maximum absolute atomic E-state index is 10.7. The molecule has 21 heavy (non-hydrogen) atoms. The SMILES string of the molecule is O=C(O)CCCN1CCCC1c1cccc2ccccc12. The van der Waals surface area contributed by atoms with Gasteiger partial charge in [0.25, 0.3) is 0 Å². The molecule has 0 aromatic heterocycles. The van der Waals surface area contributed by atoms with Crippen LogP contribution in [-0.2, 0) is 4.79 Å². The second-order valence-corrected chi connectivity index (χ2v) is 5.76. The van der Waals surface area contributed by atoms with E-state index in [4.69, 9.17) is 5.11 Å². The third kappa shape index (κ3) is 3.08. The van der Waals surface area contributed by atoms with E-state index in [0.717, 1.165) is 19.5 Å². The summed E-state index contributed by atoms with van der Waals surface area (Å²) in [4.78, 5) is 13.1. The van der Waals surface area contributed by atoms with E-state index in [-0.39, 0.29) is 6.42 Å². The molecule has 1 atom stereocenters. The van der Waals surface area contributed by atoms with Crippen LogP contribution in [0.25, 0.3) is 10.8 Å². The second kappa shape index (κ2) is 6.27. The summed E-state index contributed by atoms with van der Waals surface area (Å²) in [6, 6.07) is 15.5. The molecule has 0 bridgehead atoms. The molecule has 0 spiro atoms. The van der Waals surface area contributed by atoms with E-state index < -0.39 is 5.97 Å². The Bertz CT molecular complexity index is 633. The molecule has 0 amide bonds. The highest BCUT2D eigenvalue weighted by Gasteiger charge is 2.26. The van der Waals surface area contributed by atoms with Gasteiger partial charge in [-0.15, -0.1) is 0 Å². The highest BCUT2D eigenvalue weighted by Crippen LogP contribution is 2.35. The van der Waals surface area contributed by atoms with Gasteiger partial charge in [0.05, 0.1) is 0 Å². The fraction of sp³-hybridized carbons (Fsp3) is 0.389. The Hall–Kier alpha value is -1.87. The van der Waals surface area contributed by atoms with Crippen molar-refractivity contribution in [2.24, 2.45) is 0 Å². The highest BCUT2D eigenvalue weighted by molar-refractivity contribution is 5.86. The van der Waals surface area contributed by atoms with E-state index in [1.165, 1.54) is 29.2 Å². The minimum absolute atomic E-state index is 0.263. The van der Waals surface area contributed by atoms with Crippen LogP contribution in [0.2, 0.25) is 0 Å². The van der Waals surface area contributed by atoms with Crippen molar-refractivity contribution in [3.05, 3.63) is 48.0 Å². The summed E-state index contributed by atoms with van der Waals surface area (Å²) >= 11 is 0. The molecule has 0 radical (unpaired) electrons. The van der Waals surface area contributed by atoms with Gasteiger partial charge < -0.3 is 5.11 Å². The predicted octanol–water partition coefficient (Wildman–Crippen LogP) is 3.84. The van der Waals surface area contributed by atoms with Crippen molar-refractivity contribution in [1.82, 2.24) is 4.90 Å². The lowest BCUT2D eigenvalue weighted by atomic mass is 9.97. The Morgan fingerprint density at radius 3 is 2.86 bits per heavy atom. The van der Waals surface area contributed by atoms with Gasteiger partial charge in [-0.2, -0.15) is 0 Å². The van der Waals surface area contributed by atoms with Crippen molar-refractivity contribution in [3.8, 4) is 0 Å². The molecule has 3 heteroatoms. The van der Waals surface area contributed by atoms with E-state index in [1.54, 1.807) is 0 Å². The van der Waals surface area contributed by atoms with E-state index in [9.17, 15) is 4.79 Å². The fourth-order valence-corrected chi connectivity index (χ4v) is 3.42. The lowest BCUT2D eigenvalue weighted by Crippen LogP contribution is -2.25. The first-order valence-electron chi connectivity index (χ1n) is 7.69. The summed E-state index contributed by atoms with van der Waals surface area (Å²) in [7, 11) is 0. The van der Waals surface area contributed by atoms with Crippen LogP contribution in [0.15, 0.2) is 42.5 Å². The molecule has 1 aliphatic heterocycles. The summed E-state index contributed by atoms with van der Waals surface area (Å²) in [5.74, 6) is -0.698. The van der Waals surface area contributed by atoms with Gasteiger partial charge in [-0.05, 0) is 48.7 Å². The number of nitrogens with zero attached hydrogens (tertiary/aromatic N) is 1. The zero-order chi connectivity index (χ0) is 14.7. The van der Waals surface area contributed by atoms with E-state index in [1.807, 2.05) is 0 Å². The van der Waals surface area contributed by atoms with Crippen LogP contribution >= 0.6 is 0 Å². The molecular weight excluding hydrogens is 262 g/mol. The molecule has 110 valence electrons. The van der Waals surface area contributed by atoms with Crippen molar-refractivity contribution in [2.45, 2.75) is 31.7 Å². The van der Waals surface area contributed by atoms with Crippen LogP contribution < -0.4 is 0 Å². The van der Waals surface area contributed by atoms with Crippen molar-refractivity contribution in [1.29, 1.82) is 0 Å². The number of rotatable bonds is 5. The summed E-state index contributed by atoms with van der Waals surface area (Å²) in [5, 5.41) is 11.4. The highest BCUT2D eigenvalue weighted by atomic mass is 16.4. The summed E-state index contributed by atoms with van der Waals surface area (Å²) < 4.78 is 0. The van der Waals surface area contributed by atoms with E-state index in [0.29, 0.717) is 6.04 Å². The molecule has 2 aromatic carbocycles. The molecule has 0 aliphatic carbocycles. The summed E-state index contributed by atoms with van der Waals surface area (Å²) in [6.45, 7) is 1.95. The zero-order valence-corrected chi connectivity index (χ0v) is 12.2. The van der Waals surface area contributed by atoms with E-state index in [2.05, 4.69) is 47.4 Å². The molecule has 1 N–H and O–H groups in total. The molecule has 1 unspecified atom stereocenters. The van der Waals surface area contributed by atoms with E-state index >= 15 is 0 Å². The molecule has 1 fully saturated rings. The normalized spacial score (nSPS) is 19.1. The number of hydrogen-bond acceptors (Lipinski definition) is 2. The van der Waals surface area contributed by atoms with Crippen molar-refractivity contribution in [2.75, 3.05) is 13.1 Å². The minimum atomic E-state index is -0.698. The van der Waals surface area contributed by atoms with Crippen molar-refractivity contribution < 1.29 is 9.90 Å². The molecule has 3 rings (SSSR count). The molecule has 0 saturated carbocycles. The molecule has 1 saturated heterocycles. The number of hydrogen-bond donors (Lipinski definition) is 1. The molecule has 3 nitrogen and oxygen atoms in total. The standard InChI is InChI=1S/C18H21NO2/c20-18(21)11-5-13-19-12-4-10-17(19)16-9-3-7-14-6-1-2-8-15(14)16/h1-3,6-9,17H,4-5,10-13H2,(H,20,21). The number of benzene rings is 2. The average molecular weight is 283 g/mol. The first kappa shape index (κ1) is 14.1. The summed E-state index contributed by atoms with van der Waals surface area (Å²) in [6.07, 6.45) is 3.36. The fourth-order valence-electron chi connectivity index (χ4n) is 3.42. The first-order chi connectivity index (χ1) is 10.3. The predicted molar refractivity (Wildman–Crippen MR) is 84.4 cm³/mol. The van der Waals surface area contributed by atoms with Crippen LogP contribution in [0.1, 0.15) is 37.3 Å². The number of fused-ring (bicyclic) bond motifs is 1. The number of carboxylic acid groups (broad SMARTS) is 1. The topological polar surface area (TPSA) is 40.5 Å². The Labute approximate surface area is 125 Å². The largest absolute Gasteiger partial charge is 0.481 e. The smallest absolute Gasteiger partial charge is 0.303 e. The van der Waals surface area contributed by atoms with Gasteiger partial charge in [-0.1, -0.05) is 42.5 Å².